The zero-order valence-corrected chi connectivity index (χ0v) is 11.7. The van der Waals surface area contributed by atoms with E-state index in [1.165, 1.54) is 27.8 Å². The van der Waals surface area contributed by atoms with Crippen molar-refractivity contribution in [2.45, 2.75) is 40.0 Å². The molecule has 0 aliphatic rings. The summed E-state index contributed by atoms with van der Waals surface area (Å²) in [4.78, 5) is 0. The summed E-state index contributed by atoms with van der Waals surface area (Å²) in [7, 11) is 0. The van der Waals surface area contributed by atoms with Gasteiger partial charge in [0, 0.05) is 0 Å². The van der Waals surface area contributed by atoms with Crippen molar-refractivity contribution in [2.24, 2.45) is 0 Å². The van der Waals surface area contributed by atoms with Gasteiger partial charge in [-0.2, -0.15) is 0 Å². The van der Waals surface area contributed by atoms with Gasteiger partial charge in [0.1, 0.15) is 0 Å². The van der Waals surface area contributed by atoms with E-state index < -0.39 is 0 Å². The number of hydrogen-bond donors (Lipinski definition) is 0. The summed E-state index contributed by atoms with van der Waals surface area (Å²) in [5.74, 6) is 0. The highest BCUT2D eigenvalue weighted by atomic mass is 14.1. The second-order valence-corrected chi connectivity index (χ2v) is 4.80. The van der Waals surface area contributed by atoms with Gasteiger partial charge in [0.05, 0.1) is 0 Å². The molecule has 0 fully saturated rings. The third kappa shape index (κ3) is 2.81. The third-order valence-corrected chi connectivity index (χ3v) is 3.54. The second-order valence-electron chi connectivity index (χ2n) is 4.80. The Balaban J connectivity index is 2.48. The van der Waals surface area contributed by atoms with Gasteiger partial charge < -0.3 is 0 Å². The van der Waals surface area contributed by atoms with Crippen molar-refractivity contribution in [1.82, 2.24) is 0 Å². The average Bonchev–Trinajstić information content (AvgIpc) is 2.46. The zero-order chi connectivity index (χ0) is 13.0. The lowest BCUT2D eigenvalue weighted by atomic mass is 9.96. The Kier molecular flexibility index (Phi) is 4.19. The maximum absolute atomic E-state index is 2.33. The first-order valence-electron chi connectivity index (χ1n) is 6.99. The predicted octanol–water partition coefficient (Wildman–Crippen LogP) is 5.04. The molecule has 2 aromatic rings. The topological polar surface area (TPSA) is 0 Å². The first-order chi connectivity index (χ1) is 8.76. The van der Waals surface area contributed by atoms with Crippen LogP contribution in [0.2, 0.25) is 0 Å². The van der Waals surface area contributed by atoms with E-state index in [1.807, 2.05) is 0 Å². The molecule has 0 saturated carbocycles. The minimum absolute atomic E-state index is 1.10. The van der Waals surface area contributed by atoms with Gasteiger partial charge in [-0.05, 0) is 47.1 Å². The van der Waals surface area contributed by atoms with Crippen molar-refractivity contribution >= 4 is 0 Å². The fourth-order valence-corrected chi connectivity index (χ4v) is 2.31. The van der Waals surface area contributed by atoms with Gasteiger partial charge in [-0.1, -0.05) is 63.2 Å². The van der Waals surface area contributed by atoms with E-state index in [0.717, 1.165) is 19.3 Å². The third-order valence-electron chi connectivity index (χ3n) is 3.54. The molecule has 94 valence electrons. The molecule has 0 heterocycles. The minimum Gasteiger partial charge on any atom is -0.0614 e. The van der Waals surface area contributed by atoms with Gasteiger partial charge in [-0.3, -0.25) is 0 Å². The molecule has 2 rings (SSSR count). The van der Waals surface area contributed by atoms with E-state index >= 15 is 0 Å². The summed E-state index contributed by atoms with van der Waals surface area (Å²) >= 11 is 0. The molecule has 0 heteroatoms. The van der Waals surface area contributed by atoms with Crippen LogP contribution in [0.25, 0.3) is 11.1 Å². The lowest BCUT2D eigenvalue weighted by Crippen LogP contribution is -1.89. The molecule has 0 amide bonds. The Morgan fingerprint density at radius 2 is 1.17 bits per heavy atom. The van der Waals surface area contributed by atoms with Gasteiger partial charge in [-0.25, -0.2) is 0 Å². The quantitative estimate of drug-likeness (QED) is 0.700. The molecule has 18 heavy (non-hydrogen) atoms. The fraction of sp³-hybridized carbons (Fsp3) is 0.333. The Bertz CT molecular complexity index is 501. The van der Waals surface area contributed by atoms with Crippen molar-refractivity contribution in [3.8, 4) is 11.1 Å². The first kappa shape index (κ1) is 12.9. The summed E-state index contributed by atoms with van der Waals surface area (Å²) < 4.78 is 0. The van der Waals surface area contributed by atoms with Gasteiger partial charge >= 0.3 is 0 Å². The van der Waals surface area contributed by atoms with Gasteiger partial charge in [-0.15, -0.1) is 0 Å². The Morgan fingerprint density at radius 3 is 1.72 bits per heavy atom. The molecule has 0 saturated heterocycles. The van der Waals surface area contributed by atoms with E-state index in [-0.39, 0.29) is 0 Å². The second kappa shape index (κ2) is 5.86. The average molecular weight is 238 g/mol. The largest absolute Gasteiger partial charge is 0.0614 e. The number of rotatable bonds is 4. The minimum atomic E-state index is 1.10. The van der Waals surface area contributed by atoms with Crippen LogP contribution in [0.5, 0.6) is 0 Å². The molecule has 0 nitrogen and oxygen atoms in total. The summed E-state index contributed by atoms with van der Waals surface area (Å²) in [6.07, 6.45) is 3.31. The van der Waals surface area contributed by atoms with Gasteiger partial charge in [0.25, 0.3) is 0 Å². The summed E-state index contributed by atoms with van der Waals surface area (Å²) in [5, 5.41) is 0. The molecule has 0 bridgehead atoms. The van der Waals surface area contributed by atoms with Crippen LogP contribution in [0.1, 0.15) is 37.5 Å². The Labute approximate surface area is 111 Å². The van der Waals surface area contributed by atoms with Crippen LogP contribution in [-0.2, 0) is 19.3 Å². The van der Waals surface area contributed by atoms with E-state index in [4.69, 9.17) is 0 Å². The molecule has 2 aromatic carbocycles. The smallest absolute Gasteiger partial charge is 0.0178 e. The summed E-state index contributed by atoms with van der Waals surface area (Å²) in [6, 6.07) is 15.9. The van der Waals surface area contributed by atoms with E-state index in [2.05, 4.69) is 63.2 Å². The summed E-state index contributed by atoms with van der Waals surface area (Å²) in [6.45, 7) is 6.65. The van der Waals surface area contributed by atoms with Crippen molar-refractivity contribution in [2.75, 3.05) is 0 Å². The SMILES string of the molecule is CCc1cccc(-c2cc(CC)cc(CC)c2)c1. The van der Waals surface area contributed by atoms with Crippen LogP contribution in [0, 0.1) is 0 Å². The van der Waals surface area contributed by atoms with Crippen molar-refractivity contribution in [3.05, 3.63) is 59.2 Å². The maximum Gasteiger partial charge on any atom is -0.0178 e. The van der Waals surface area contributed by atoms with Crippen molar-refractivity contribution in [1.29, 1.82) is 0 Å². The molecule has 0 N–H and O–H groups in total. The number of hydrogen-bond acceptors (Lipinski definition) is 0. The van der Waals surface area contributed by atoms with Crippen LogP contribution in [0.4, 0.5) is 0 Å². The molecular formula is C18H22. The lowest BCUT2D eigenvalue weighted by molar-refractivity contribution is 1.09. The van der Waals surface area contributed by atoms with Crippen molar-refractivity contribution in [3.63, 3.8) is 0 Å². The van der Waals surface area contributed by atoms with Crippen LogP contribution in [-0.4, -0.2) is 0 Å². The molecule has 0 unspecified atom stereocenters. The molecule has 0 radical (unpaired) electrons. The fourth-order valence-electron chi connectivity index (χ4n) is 2.31. The molecule has 0 aliphatic carbocycles. The van der Waals surface area contributed by atoms with Crippen molar-refractivity contribution < 1.29 is 0 Å². The molecular weight excluding hydrogens is 216 g/mol. The first-order valence-corrected chi connectivity index (χ1v) is 6.99. The van der Waals surface area contributed by atoms with E-state index in [1.54, 1.807) is 0 Å². The Morgan fingerprint density at radius 1 is 0.611 bits per heavy atom. The molecule has 0 atom stereocenters. The Hall–Kier alpha value is -1.56. The predicted molar refractivity (Wildman–Crippen MR) is 80.0 cm³/mol. The molecule has 0 aliphatic heterocycles. The molecule has 0 spiro atoms. The highest BCUT2D eigenvalue weighted by Gasteiger charge is 2.02. The van der Waals surface area contributed by atoms with E-state index in [0.29, 0.717) is 0 Å². The molecule has 0 aromatic heterocycles. The monoisotopic (exact) mass is 238 g/mol. The lowest BCUT2D eigenvalue weighted by Gasteiger charge is -2.09. The van der Waals surface area contributed by atoms with Crippen LogP contribution in [0.15, 0.2) is 42.5 Å². The number of benzene rings is 2. The van der Waals surface area contributed by atoms with Crippen LogP contribution in [0.3, 0.4) is 0 Å². The van der Waals surface area contributed by atoms with Crippen LogP contribution >= 0.6 is 0 Å². The summed E-state index contributed by atoms with van der Waals surface area (Å²) in [5.41, 5.74) is 6.99. The highest BCUT2D eigenvalue weighted by Crippen LogP contribution is 2.24. The van der Waals surface area contributed by atoms with Gasteiger partial charge in [0.15, 0.2) is 0 Å². The van der Waals surface area contributed by atoms with E-state index in [9.17, 15) is 0 Å². The van der Waals surface area contributed by atoms with Crippen LogP contribution < -0.4 is 0 Å². The maximum atomic E-state index is 2.33. The highest BCUT2D eigenvalue weighted by molar-refractivity contribution is 5.66. The van der Waals surface area contributed by atoms with Gasteiger partial charge in [0.2, 0.25) is 0 Å². The normalized spacial score (nSPS) is 10.6. The number of aryl methyl sites for hydroxylation is 3. The zero-order valence-electron chi connectivity index (χ0n) is 11.7. The standard InChI is InChI=1S/C18H22/c1-4-14-8-7-9-17(11-14)18-12-15(5-2)10-16(6-3)13-18/h7-13H,4-6H2,1-3H3.